The standard InChI is InChI=1S/C20H35N3O3/c1-19(2,3)26-18(25)21-14-15-9-12-20(10-7-11-20)17(15)22-16(24)8-6-13-23(4)5/h6,8,15,17H,7,9-14H2,1-5H3,(H,21,25)(H,22,24)/b8-6+. The first-order chi connectivity index (χ1) is 12.1. The van der Waals surface area contributed by atoms with Crippen LogP contribution in [-0.2, 0) is 9.53 Å². The minimum atomic E-state index is -0.500. The summed E-state index contributed by atoms with van der Waals surface area (Å²) in [6, 6.07) is 0.127. The van der Waals surface area contributed by atoms with Gasteiger partial charge in [-0.25, -0.2) is 4.79 Å². The maximum atomic E-state index is 12.4. The van der Waals surface area contributed by atoms with Gasteiger partial charge in [-0.1, -0.05) is 12.5 Å². The third-order valence-corrected chi connectivity index (χ3v) is 5.44. The highest BCUT2D eigenvalue weighted by Crippen LogP contribution is 2.55. The number of carbonyl (C=O) groups excluding carboxylic acids is 2. The van der Waals surface area contributed by atoms with Crippen LogP contribution in [0.25, 0.3) is 0 Å². The molecular weight excluding hydrogens is 330 g/mol. The number of carbonyl (C=O) groups is 2. The van der Waals surface area contributed by atoms with Gasteiger partial charge in [-0.3, -0.25) is 4.79 Å². The second-order valence-electron chi connectivity index (χ2n) is 9.05. The van der Waals surface area contributed by atoms with Crippen LogP contribution in [0.5, 0.6) is 0 Å². The van der Waals surface area contributed by atoms with Gasteiger partial charge in [0, 0.05) is 25.2 Å². The lowest BCUT2D eigenvalue weighted by molar-refractivity contribution is -0.118. The molecule has 2 amide bonds. The topological polar surface area (TPSA) is 70.7 Å². The van der Waals surface area contributed by atoms with E-state index in [0.717, 1.165) is 19.4 Å². The van der Waals surface area contributed by atoms with Crippen LogP contribution in [0.15, 0.2) is 12.2 Å². The molecule has 0 aliphatic heterocycles. The average Bonchev–Trinajstić information content (AvgIpc) is 2.81. The van der Waals surface area contributed by atoms with E-state index in [-0.39, 0.29) is 29.4 Å². The predicted molar refractivity (Wildman–Crippen MR) is 103 cm³/mol. The molecule has 0 aromatic rings. The number of likely N-dealkylation sites (N-methyl/N-ethyl adjacent to an activating group) is 1. The fraction of sp³-hybridized carbons (Fsp3) is 0.800. The van der Waals surface area contributed by atoms with Crippen LogP contribution < -0.4 is 10.6 Å². The number of nitrogens with zero attached hydrogens (tertiary/aromatic N) is 1. The molecular formula is C20H35N3O3. The fourth-order valence-corrected chi connectivity index (χ4v) is 4.08. The van der Waals surface area contributed by atoms with Crippen LogP contribution in [-0.4, -0.2) is 55.7 Å². The van der Waals surface area contributed by atoms with E-state index in [1.165, 1.54) is 19.3 Å². The minimum Gasteiger partial charge on any atom is -0.444 e. The summed E-state index contributed by atoms with van der Waals surface area (Å²) in [7, 11) is 3.95. The Morgan fingerprint density at radius 3 is 2.46 bits per heavy atom. The van der Waals surface area contributed by atoms with Crippen molar-refractivity contribution in [2.45, 2.75) is 64.5 Å². The lowest BCUT2D eigenvalue weighted by atomic mass is 9.64. The lowest BCUT2D eigenvalue weighted by Gasteiger charge is -2.45. The maximum absolute atomic E-state index is 12.4. The summed E-state index contributed by atoms with van der Waals surface area (Å²) in [6.45, 7) is 6.85. The van der Waals surface area contributed by atoms with Crippen LogP contribution in [0.2, 0.25) is 0 Å². The Hall–Kier alpha value is -1.56. The van der Waals surface area contributed by atoms with E-state index < -0.39 is 5.60 Å². The van der Waals surface area contributed by atoms with Gasteiger partial charge in [0.1, 0.15) is 5.60 Å². The third kappa shape index (κ3) is 5.73. The molecule has 2 rings (SSSR count). The summed E-state index contributed by atoms with van der Waals surface area (Å²) >= 11 is 0. The molecule has 0 saturated heterocycles. The second kappa shape index (κ2) is 8.42. The molecule has 26 heavy (non-hydrogen) atoms. The van der Waals surface area contributed by atoms with Crippen LogP contribution in [0.4, 0.5) is 4.79 Å². The molecule has 0 heterocycles. The summed E-state index contributed by atoms with van der Waals surface area (Å²) in [5.74, 6) is 0.223. The number of hydrogen-bond acceptors (Lipinski definition) is 4. The molecule has 0 radical (unpaired) electrons. The van der Waals surface area contributed by atoms with Crippen molar-refractivity contribution in [1.82, 2.24) is 15.5 Å². The zero-order valence-electron chi connectivity index (χ0n) is 16.9. The number of ether oxygens (including phenoxy) is 1. The molecule has 0 aromatic carbocycles. The van der Waals surface area contributed by atoms with E-state index in [2.05, 4.69) is 10.6 Å². The zero-order chi connectivity index (χ0) is 19.4. The van der Waals surface area contributed by atoms with Crippen molar-refractivity contribution in [2.24, 2.45) is 11.3 Å². The molecule has 2 aliphatic carbocycles. The Morgan fingerprint density at radius 2 is 1.92 bits per heavy atom. The molecule has 2 aliphatic rings. The molecule has 2 N–H and O–H groups in total. The van der Waals surface area contributed by atoms with Crippen molar-refractivity contribution in [3.05, 3.63) is 12.2 Å². The van der Waals surface area contributed by atoms with Gasteiger partial charge >= 0.3 is 6.09 Å². The Bertz CT molecular complexity index is 533. The van der Waals surface area contributed by atoms with E-state index >= 15 is 0 Å². The van der Waals surface area contributed by atoms with E-state index in [0.29, 0.717) is 6.54 Å². The number of hydrogen-bond donors (Lipinski definition) is 2. The molecule has 2 saturated carbocycles. The first-order valence-corrected chi connectivity index (χ1v) is 9.70. The zero-order valence-corrected chi connectivity index (χ0v) is 16.9. The van der Waals surface area contributed by atoms with E-state index in [9.17, 15) is 9.59 Å². The molecule has 2 unspecified atom stereocenters. The van der Waals surface area contributed by atoms with Crippen LogP contribution in [0.3, 0.4) is 0 Å². The maximum Gasteiger partial charge on any atom is 0.407 e. The Kier molecular flexibility index (Phi) is 6.72. The highest BCUT2D eigenvalue weighted by molar-refractivity contribution is 5.87. The molecule has 0 bridgehead atoms. The summed E-state index contributed by atoms with van der Waals surface area (Å²) in [5, 5.41) is 6.12. The Balaban J connectivity index is 1.92. The summed E-state index contributed by atoms with van der Waals surface area (Å²) < 4.78 is 5.33. The quantitative estimate of drug-likeness (QED) is 0.710. The van der Waals surface area contributed by atoms with Crippen molar-refractivity contribution in [3.63, 3.8) is 0 Å². The van der Waals surface area contributed by atoms with Crippen LogP contribution in [0.1, 0.15) is 52.9 Å². The fourth-order valence-electron chi connectivity index (χ4n) is 4.08. The summed E-state index contributed by atoms with van der Waals surface area (Å²) in [4.78, 5) is 26.3. The van der Waals surface area contributed by atoms with E-state index in [1.807, 2.05) is 45.8 Å². The van der Waals surface area contributed by atoms with Crippen molar-refractivity contribution in [3.8, 4) is 0 Å². The van der Waals surface area contributed by atoms with Crippen LogP contribution in [0, 0.1) is 11.3 Å². The monoisotopic (exact) mass is 365 g/mol. The van der Waals surface area contributed by atoms with Gasteiger partial charge in [0.2, 0.25) is 5.91 Å². The van der Waals surface area contributed by atoms with Gasteiger partial charge in [-0.15, -0.1) is 0 Å². The summed E-state index contributed by atoms with van der Waals surface area (Å²) in [5.41, 5.74) is -0.273. The van der Waals surface area contributed by atoms with E-state index in [1.54, 1.807) is 6.08 Å². The molecule has 1 spiro atoms. The Labute approximate surface area is 157 Å². The normalized spacial score (nSPS) is 24.7. The highest BCUT2D eigenvalue weighted by Gasteiger charge is 2.52. The third-order valence-electron chi connectivity index (χ3n) is 5.44. The minimum absolute atomic E-state index is 0.0349. The highest BCUT2D eigenvalue weighted by atomic mass is 16.6. The SMILES string of the molecule is CN(C)C/C=C/C(=O)NC1C(CNC(=O)OC(C)(C)C)CCC12CCC2. The van der Waals surface area contributed by atoms with Crippen LogP contribution >= 0.6 is 0 Å². The molecule has 148 valence electrons. The summed E-state index contributed by atoms with van der Waals surface area (Å²) in [6.07, 6.45) is 8.85. The first kappa shape index (κ1) is 20.7. The van der Waals surface area contributed by atoms with Crippen molar-refractivity contribution in [1.29, 1.82) is 0 Å². The average molecular weight is 366 g/mol. The van der Waals surface area contributed by atoms with Gasteiger partial charge in [-0.2, -0.15) is 0 Å². The van der Waals surface area contributed by atoms with Gasteiger partial charge < -0.3 is 20.3 Å². The van der Waals surface area contributed by atoms with Gasteiger partial charge in [-0.05, 0) is 71.9 Å². The predicted octanol–water partition coefficient (Wildman–Crippen LogP) is 2.69. The number of nitrogens with one attached hydrogen (secondary N) is 2. The van der Waals surface area contributed by atoms with E-state index in [4.69, 9.17) is 4.74 Å². The van der Waals surface area contributed by atoms with Crippen molar-refractivity contribution < 1.29 is 14.3 Å². The Morgan fingerprint density at radius 1 is 1.23 bits per heavy atom. The molecule has 0 aromatic heterocycles. The molecule has 2 atom stereocenters. The molecule has 2 fully saturated rings. The second-order valence-corrected chi connectivity index (χ2v) is 9.05. The number of amides is 2. The largest absolute Gasteiger partial charge is 0.444 e. The number of rotatable bonds is 6. The number of alkyl carbamates (subject to hydrolysis) is 1. The molecule has 6 heteroatoms. The van der Waals surface area contributed by atoms with Gasteiger partial charge in [0.05, 0.1) is 0 Å². The smallest absolute Gasteiger partial charge is 0.407 e. The lowest BCUT2D eigenvalue weighted by Crippen LogP contribution is -2.52. The van der Waals surface area contributed by atoms with Crippen molar-refractivity contribution >= 4 is 12.0 Å². The van der Waals surface area contributed by atoms with Gasteiger partial charge in [0.25, 0.3) is 0 Å². The van der Waals surface area contributed by atoms with Gasteiger partial charge in [0.15, 0.2) is 0 Å². The molecule has 6 nitrogen and oxygen atoms in total. The van der Waals surface area contributed by atoms with Crippen molar-refractivity contribution in [2.75, 3.05) is 27.2 Å². The first-order valence-electron chi connectivity index (χ1n) is 9.70.